The Kier molecular flexibility index (Phi) is 2.01. The van der Waals surface area contributed by atoms with Crippen LogP contribution >= 0.6 is 0 Å². The third-order valence-corrected chi connectivity index (χ3v) is 4.08. The van der Waals surface area contributed by atoms with E-state index in [9.17, 15) is 4.79 Å². The van der Waals surface area contributed by atoms with Crippen LogP contribution in [-0.2, 0) is 4.79 Å². The lowest BCUT2D eigenvalue weighted by Crippen LogP contribution is -2.64. The predicted octanol–water partition coefficient (Wildman–Crippen LogP) is 0.892. The average Bonchev–Trinajstić information content (AvgIpc) is 2.67. The number of hydrogen-bond donors (Lipinski definition) is 1. The molecule has 1 amide bonds. The lowest BCUT2D eigenvalue weighted by Gasteiger charge is -2.45. The normalized spacial score (nSPS) is 42.9. The summed E-state index contributed by atoms with van der Waals surface area (Å²) in [6.45, 7) is 1.15. The number of fused-ring (bicyclic) bond motifs is 3. The number of rotatable bonds is 0. The van der Waals surface area contributed by atoms with Gasteiger partial charge in [0.1, 0.15) is 0 Å². The molecule has 0 aromatic rings. The van der Waals surface area contributed by atoms with Gasteiger partial charge in [-0.2, -0.15) is 0 Å². The van der Waals surface area contributed by atoms with Crippen molar-refractivity contribution in [2.45, 2.75) is 56.7 Å². The first-order chi connectivity index (χ1) is 6.86. The third-order valence-electron chi connectivity index (χ3n) is 4.08. The van der Waals surface area contributed by atoms with Gasteiger partial charge in [0.05, 0.1) is 6.04 Å². The van der Waals surface area contributed by atoms with Gasteiger partial charge in [0.15, 0.2) is 0 Å². The van der Waals surface area contributed by atoms with Crippen molar-refractivity contribution in [1.82, 2.24) is 10.2 Å². The molecule has 2 heterocycles. The van der Waals surface area contributed by atoms with Crippen LogP contribution in [0, 0.1) is 0 Å². The monoisotopic (exact) mass is 194 g/mol. The summed E-state index contributed by atoms with van der Waals surface area (Å²) >= 11 is 0. The Bertz CT molecular complexity index is 254. The molecule has 3 unspecified atom stereocenters. The first kappa shape index (κ1) is 8.72. The summed E-state index contributed by atoms with van der Waals surface area (Å²) in [5.41, 5.74) is 0. The van der Waals surface area contributed by atoms with Gasteiger partial charge in [-0.3, -0.25) is 9.69 Å². The topological polar surface area (TPSA) is 32.3 Å². The molecule has 3 atom stereocenters. The van der Waals surface area contributed by atoms with E-state index in [1.54, 1.807) is 0 Å². The van der Waals surface area contributed by atoms with E-state index in [4.69, 9.17) is 0 Å². The van der Waals surface area contributed by atoms with Crippen LogP contribution < -0.4 is 5.32 Å². The van der Waals surface area contributed by atoms with Gasteiger partial charge in [-0.05, 0) is 32.2 Å². The fourth-order valence-electron chi connectivity index (χ4n) is 3.42. The molecule has 0 bridgehead atoms. The standard InChI is InChI=1S/C11H18N2O/c14-11-10-6-3-7-13(10)9-5-2-1-4-8(9)12-11/h8-10H,1-7H2,(H,12,14). The van der Waals surface area contributed by atoms with Crippen molar-refractivity contribution in [2.24, 2.45) is 0 Å². The van der Waals surface area contributed by atoms with Gasteiger partial charge in [-0.25, -0.2) is 0 Å². The largest absolute Gasteiger partial charge is 0.350 e. The summed E-state index contributed by atoms with van der Waals surface area (Å²) in [5, 5.41) is 3.21. The van der Waals surface area contributed by atoms with Gasteiger partial charge >= 0.3 is 0 Å². The van der Waals surface area contributed by atoms with E-state index in [1.807, 2.05) is 0 Å². The summed E-state index contributed by atoms with van der Waals surface area (Å²) in [6.07, 6.45) is 7.41. The van der Waals surface area contributed by atoms with Crippen molar-refractivity contribution >= 4 is 5.91 Å². The smallest absolute Gasteiger partial charge is 0.237 e. The third kappa shape index (κ3) is 1.18. The van der Waals surface area contributed by atoms with Crippen molar-refractivity contribution in [3.05, 3.63) is 0 Å². The maximum Gasteiger partial charge on any atom is 0.237 e. The Morgan fingerprint density at radius 2 is 2.00 bits per heavy atom. The molecular formula is C11H18N2O. The van der Waals surface area contributed by atoms with E-state index in [2.05, 4.69) is 10.2 Å². The average molecular weight is 194 g/mol. The Morgan fingerprint density at radius 3 is 2.93 bits per heavy atom. The van der Waals surface area contributed by atoms with Crippen LogP contribution in [0.15, 0.2) is 0 Å². The number of amides is 1. The second-order valence-corrected chi connectivity index (χ2v) is 4.86. The Morgan fingerprint density at radius 1 is 1.14 bits per heavy atom. The van der Waals surface area contributed by atoms with Crippen molar-refractivity contribution in [3.63, 3.8) is 0 Å². The van der Waals surface area contributed by atoms with E-state index >= 15 is 0 Å². The molecule has 1 saturated carbocycles. The van der Waals surface area contributed by atoms with E-state index in [0.29, 0.717) is 18.0 Å². The molecule has 3 aliphatic rings. The van der Waals surface area contributed by atoms with Crippen LogP contribution in [0.1, 0.15) is 38.5 Å². The van der Waals surface area contributed by atoms with E-state index in [-0.39, 0.29) is 6.04 Å². The Labute approximate surface area is 84.8 Å². The molecule has 1 aliphatic carbocycles. The maximum atomic E-state index is 11.8. The minimum absolute atomic E-state index is 0.217. The van der Waals surface area contributed by atoms with Crippen molar-refractivity contribution in [3.8, 4) is 0 Å². The maximum absolute atomic E-state index is 11.8. The van der Waals surface area contributed by atoms with E-state index in [0.717, 1.165) is 13.0 Å². The molecule has 3 rings (SSSR count). The molecule has 3 fully saturated rings. The van der Waals surface area contributed by atoms with Crippen LogP contribution in [0.5, 0.6) is 0 Å². The fraction of sp³-hybridized carbons (Fsp3) is 0.909. The molecule has 2 saturated heterocycles. The summed E-state index contributed by atoms with van der Waals surface area (Å²) in [4.78, 5) is 14.3. The molecule has 1 N–H and O–H groups in total. The van der Waals surface area contributed by atoms with Gasteiger partial charge in [0.25, 0.3) is 0 Å². The highest BCUT2D eigenvalue weighted by atomic mass is 16.2. The van der Waals surface area contributed by atoms with Gasteiger partial charge in [0, 0.05) is 12.1 Å². The Hall–Kier alpha value is -0.570. The zero-order valence-electron chi connectivity index (χ0n) is 8.54. The highest BCUT2D eigenvalue weighted by Crippen LogP contribution is 2.32. The SMILES string of the molecule is O=C1NC2CCCCC2N2CCCC12. The molecule has 3 nitrogen and oxygen atoms in total. The molecule has 0 spiro atoms. The summed E-state index contributed by atoms with van der Waals surface area (Å²) in [5.74, 6) is 0.297. The number of carbonyl (C=O) groups is 1. The van der Waals surface area contributed by atoms with Crippen molar-refractivity contribution < 1.29 is 4.79 Å². The number of carbonyl (C=O) groups excluding carboxylic acids is 1. The number of piperazine rings is 1. The molecule has 78 valence electrons. The lowest BCUT2D eigenvalue weighted by atomic mass is 9.86. The van der Waals surface area contributed by atoms with Gasteiger partial charge in [-0.15, -0.1) is 0 Å². The van der Waals surface area contributed by atoms with Gasteiger partial charge in [-0.1, -0.05) is 12.8 Å². The highest BCUT2D eigenvalue weighted by molar-refractivity contribution is 5.83. The zero-order chi connectivity index (χ0) is 9.54. The van der Waals surface area contributed by atoms with Gasteiger partial charge < -0.3 is 5.32 Å². The molecule has 0 aromatic heterocycles. The molecular weight excluding hydrogens is 176 g/mol. The van der Waals surface area contributed by atoms with Crippen LogP contribution in [0.2, 0.25) is 0 Å². The molecule has 2 aliphatic heterocycles. The number of hydrogen-bond acceptors (Lipinski definition) is 2. The summed E-state index contributed by atoms with van der Waals surface area (Å²) < 4.78 is 0. The van der Waals surface area contributed by atoms with E-state index < -0.39 is 0 Å². The second kappa shape index (κ2) is 3.23. The van der Waals surface area contributed by atoms with Crippen LogP contribution in [0.4, 0.5) is 0 Å². The van der Waals surface area contributed by atoms with Crippen LogP contribution in [0.3, 0.4) is 0 Å². The molecule has 14 heavy (non-hydrogen) atoms. The first-order valence-corrected chi connectivity index (χ1v) is 5.92. The fourth-order valence-corrected chi connectivity index (χ4v) is 3.42. The quantitative estimate of drug-likeness (QED) is 0.621. The molecule has 3 heteroatoms. The minimum Gasteiger partial charge on any atom is -0.350 e. The zero-order valence-corrected chi connectivity index (χ0v) is 8.54. The first-order valence-electron chi connectivity index (χ1n) is 5.92. The van der Waals surface area contributed by atoms with Crippen LogP contribution in [-0.4, -0.2) is 35.5 Å². The highest BCUT2D eigenvalue weighted by Gasteiger charge is 2.44. The minimum atomic E-state index is 0.217. The van der Waals surface area contributed by atoms with Crippen molar-refractivity contribution in [1.29, 1.82) is 0 Å². The van der Waals surface area contributed by atoms with Gasteiger partial charge in [0.2, 0.25) is 5.91 Å². The van der Waals surface area contributed by atoms with Crippen LogP contribution in [0.25, 0.3) is 0 Å². The lowest BCUT2D eigenvalue weighted by molar-refractivity contribution is -0.132. The Balaban J connectivity index is 1.84. The van der Waals surface area contributed by atoms with E-state index in [1.165, 1.54) is 32.1 Å². The molecule has 0 radical (unpaired) electrons. The molecule has 0 aromatic carbocycles. The number of nitrogens with zero attached hydrogens (tertiary/aromatic N) is 1. The number of nitrogens with one attached hydrogen (secondary N) is 1. The summed E-state index contributed by atoms with van der Waals surface area (Å²) in [7, 11) is 0. The van der Waals surface area contributed by atoms with Crippen molar-refractivity contribution in [2.75, 3.05) is 6.54 Å². The predicted molar refractivity (Wildman–Crippen MR) is 53.9 cm³/mol. The second-order valence-electron chi connectivity index (χ2n) is 4.86. The summed E-state index contributed by atoms with van der Waals surface area (Å²) in [6, 6.07) is 1.34.